The van der Waals surface area contributed by atoms with E-state index in [0.717, 1.165) is 17.2 Å². The van der Waals surface area contributed by atoms with E-state index in [9.17, 15) is 0 Å². The molecule has 19 heavy (non-hydrogen) atoms. The Morgan fingerprint density at radius 3 is 1.95 bits per heavy atom. The fourth-order valence-corrected chi connectivity index (χ4v) is 1.43. The van der Waals surface area contributed by atoms with Crippen molar-refractivity contribution in [3.63, 3.8) is 0 Å². The zero-order valence-corrected chi connectivity index (χ0v) is 11.5. The van der Waals surface area contributed by atoms with E-state index in [1.165, 1.54) is 0 Å². The summed E-state index contributed by atoms with van der Waals surface area (Å²) in [5, 5.41) is 0. The van der Waals surface area contributed by atoms with Crippen molar-refractivity contribution in [3.8, 4) is 11.5 Å². The zero-order valence-electron chi connectivity index (χ0n) is 11.5. The number of rotatable bonds is 4. The predicted molar refractivity (Wildman–Crippen MR) is 77.4 cm³/mol. The Morgan fingerprint density at radius 1 is 0.789 bits per heavy atom. The zero-order chi connectivity index (χ0) is 13.7. The molecule has 0 aliphatic heterocycles. The van der Waals surface area contributed by atoms with Gasteiger partial charge >= 0.3 is 0 Å². The standard InChI is InChI=1S/C16H19NO2/c1-16(2,3)19-17-13-9-11-15(12-10-13)18-14-7-5-4-6-8-14/h4-12,17H,1-3H3. The highest BCUT2D eigenvalue weighted by molar-refractivity contribution is 5.45. The molecule has 0 aliphatic rings. The van der Waals surface area contributed by atoms with E-state index in [4.69, 9.17) is 9.57 Å². The van der Waals surface area contributed by atoms with Crippen LogP contribution in [-0.2, 0) is 4.84 Å². The maximum atomic E-state index is 5.71. The van der Waals surface area contributed by atoms with Gasteiger partial charge in [-0.15, -0.1) is 0 Å². The van der Waals surface area contributed by atoms with E-state index in [-0.39, 0.29) is 5.60 Å². The molecular formula is C16H19NO2. The summed E-state index contributed by atoms with van der Waals surface area (Å²) in [6.45, 7) is 5.98. The molecule has 0 unspecified atom stereocenters. The van der Waals surface area contributed by atoms with Gasteiger partial charge in [-0.2, -0.15) is 0 Å². The average molecular weight is 257 g/mol. The highest BCUT2D eigenvalue weighted by atomic mass is 16.7. The Bertz CT molecular complexity index is 501. The first kappa shape index (κ1) is 13.4. The molecule has 2 aromatic rings. The third-order valence-electron chi connectivity index (χ3n) is 2.31. The molecule has 0 radical (unpaired) electrons. The summed E-state index contributed by atoms with van der Waals surface area (Å²) in [6, 6.07) is 17.4. The normalized spacial score (nSPS) is 11.1. The van der Waals surface area contributed by atoms with Gasteiger partial charge in [0.2, 0.25) is 0 Å². The minimum atomic E-state index is -0.223. The summed E-state index contributed by atoms with van der Waals surface area (Å²) in [4.78, 5) is 5.48. The Kier molecular flexibility index (Phi) is 4.07. The largest absolute Gasteiger partial charge is 0.457 e. The van der Waals surface area contributed by atoms with Gasteiger partial charge < -0.3 is 4.74 Å². The van der Waals surface area contributed by atoms with Crippen LogP contribution < -0.4 is 10.2 Å². The molecule has 0 saturated carbocycles. The molecule has 3 nitrogen and oxygen atoms in total. The van der Waals surface area contributed by atoms with Crippen LogP contribution in [0, 0.1) is 0 Å². The maximum Gasteiger partial charge on any atom is 0.127 e. The highest BCUT2D eigenvalue weighted by Gasteiger charge is 2.10. The summed E-state index contributed by atoms with van der Waals surface area (Å²) in [6.07, 6.45) is 0. The fourth-order valence-electron chi connectivity index (χ4n) is 1.43. The van der Waals surface area contributed by atoms with E-state index >= 15 is 0 Å². The molecule has 3 heteroatoms. The molecule has 0 heterocycles. The van der Waals surface area contributed by atoms with Gasteiger partial charge in [-0.05, 0) is 57.2 Å². The number of benzene rings is 2. The lowest BCUT2D eigenvalue weighted by Crippen LogP contribution is -2.22. The lowest BCUT2D eigenvalue weighted by atomic mass is 10.2. The molecule has 0 spiro atoms. The molecule has 2 rings (SSSR count). The Balaban J connectivity index is 1.95. The van der Waals surface area contributed by atoms with Crippen molar-refractivity contribution < 1.29 is 9.57 Å². The van der Waals surface area contributed by atoms with E-state index in [1.54, 1.807) is 0 Å². The van der Waals surface area contributed by atoms with Gasteiger partial charge in [0, 0.05) is 0 Å². The molecule has 0 atom stereocenters. The van der Waals surface area contributed by atoms with Crippen LogP contribution in [0.25, 0.3) is 0 Å². The van der Waals surface area contributed by atoms with Crippen molar-refractivity contribution in [1.29, 1.82) is 0 Å². The molecule has 0 fully saturated rings. The summed E-state index contributed by atoms with van der Waals surface area (Å²) >= 11 is 0. The molecule has 0 bridgehead atoms. The molecule has 0 aromatic heterocycles. The summed E-state index contributed by atoms with van der Waals surface area (Å²) < 4.78 is 5.71. The van der Waals surface area contributed by atoms with Crippen molar-refractivity contribution in [2.24, 2.45) is 0 Å². The van der Waals surface area contributed by atoms with Crippen LogP contribution in [0.1, 0.15) is 20.8 Å². The molecule has 0 saturated heterocycles. The van der Waals surface area contributed by atoms with Crippen LogP contribution >= 0.6 is 0 Å². The lowest BCUT2D eigenvalue weighted by Gasteiger charge is -2.20. The van der Waals surface area contributed by atoms with Crippen molar-refractivity contribution in [3.05, 3.63) is 54.6 Å². The van der Waals surface area contributed by atoms with Crippen LogP contribution in [0.15, 0.2) is 54.6 Å². The summed E-state index contributed by atoms with van der Waals surface area (Å²) in [5.74, 6) is 1.63. The van der Waals surface area contributed by atoms with Crippen LogP contribution in [0.5, 0.6) is 11.5 Å². The SMILES string of the molecule is CC(C)(C)ONc1ccc(Oc2ccccc2)cc1. The monoisotopic (exact) mass is 257 g/mol. The number of hydrogen-bond acceptors (Lipinski definition) is 3. The van der Waals surface area contributed by atoms with Crippen LogP contribution in [0.4, 0.5) is 5.69 Å². The first-order valence-corrected chi connectivity index (χ1v) is 6.30. The van der Waals surface area contributed by atoms with Crippen LogP contribution in [-0.4, -0.2) is 5.60 Å². The molecule has 0 aliphatic carbocycles. The second kappa shape index (κ2) is 5.76. The van der Waals surface area contributed by atoms with Crippen LogP contribution in [0.2, 0.25) is 0 Å². The van der Waals surface area contributed by atoms with Crippen molar-refractivity contribution in [1.82, 2.24) is 0 Å². The number of ether oxygens (including phenoxy) is 1. The van der Waals surface area contributed by atoms with Gasteiger partial charge in [-0.25, -0.2) is 0 Å². The molecule has 100 valence electrons. The quantitative estimate of drug-likeness (QED) is 0.811. The lowest BCUT2D eigenvalue weighted by molar-refractivity contribution is 0.0375. The summed E-state index contributed by atoms with van der Waals surface area (Å²) in [5.41, 5.74) is 3.60. The van der Waals surface area contributed by atoms with Crippen molar-refractivity contribution in [2.45, 2.75) is 26.4 Å². The van der Waals surface area contributed by atoms with E-state index in [0.29, 0.717) is 0 Å². The first-order chi connectivity index (χ1) is 9.03. The van der Waals surface area contributed by atoms with Crippen LogP contribution in [0.3, 0.4) is 0 Å². The molecule has 2 aromatic carbocycles. The second-order valence-corrected chi connectivity index (χ2v) is 5.26. The first-order valence-electron chi connectivity index (χ1n) is 6.30. The molecule has 1 N–H and O–H groups in total. The summed E-state index contributed by atoms with van der Waals surface area (Å²) in [7, 11) is 0. The Labute approximate surface area is 114 Å². The third-order valence-corrected chi connectivity index (χ3v) is 2.31. The fraction of sp³-hybridized carbons (Fsp3) is 0.250. The smallest absolute Gasteiger partial charge is 0.127 e. The van der Waals surface area contributed by atoms with Gasteiger partial charge in [-0.1, -0.05) is 18.2 Å². The average Bonchev–Trinajstić information content (AvgIpc) is 2.38. The number of anilines is 1. The number of hydrogen-bond donors (Lipinski definition) is 1. The maximum absolute atomic E-state index is 5.71. The van der Waals surface area contributed by atoms with Gasteiger partial charge in [0.25, 0.3) is 0 Å². The van der Waals surface area contributed by atoms with Gasteiger partial charge in [0.05, 0.1) is 11.3 Å². The minimum absolute atomic E-state index is 0.223. The second-order valence-electron chi connectivity index (χ2n) is 5.26. The predicted octanol–water partition coefficient (Wildman–Crippen LogP) is 4.62. The van der Waals surface area contributed by atoms with E-state index < -0.39 is 0 Å². The van der Waals surface area contributed by atoms with E-state index in [1.807, 2.05) is 75.4 Å². The topological polar surface area (TPSA) is 30.5 Å². The Hall–Kier alpha value is -2.00. The third kappa shape index (κ3) is 4.64. The van der Waals surface area contributed by atoms with Gasteiger partial charge in [-0.3, -0.25) is 10.3 Å². The number of para-hydroxylation sites is 1. The van der Waals surface area contributed by atoms with Crippen molar-refractivity contribution in [2.75, 3.05) is 5.48 Å². The Morgan fingerprint density at radius 2 is 1.37 bits per heavy atom. The minimum Gasteiger partial charge on any atom is -0.457 e. The van der Waals surface area contributed by atoms with Gasteiger partial charge in [0.15, 0.2) is 0 Å². The van der Waals surface area contributed by atoms with Crippen molar-refractivity contribution >= 4 is 5.69 Å². The highest BCUT2D eigenvalue weighted by Crippen LogP contribution is 2.23. The van der Waals surface area contributed by atoms with E-state index in [2.05, 4.69) is 5.48 Å². The molecular weight excluding hydrogens is 238 g/mol. The van der Waals surface area contributed by atoms with Gasteiger partial charge in [0.1, 0.15) is 11.5 Å². The number of nitrogens with one attached hydrogen (secondary N) is 1. The molecule has 0 amide bonds.